The van der Waals surface area contributed by atoms with Gasteiger partial charge in [0.25, 0.3) is 0 Å². The van der Waals surface area contributed by atoms with E-state index in [4.69, 9.17) is 11.6 Å². The van der Waals surface area contributed by atoms with Crippen LogP contribution in [0.1, 0.15) is 36.7 Å². The van der Waals surface area contributed by atoms with Crippen LogP contribution in [-0.4, -0.2) is 4.98 Å². The third-order valence-corrected chi connectivity index (χ3v) is 3.35. The molecule has 2 aromatic rings. The van der Waals surface area contributed by atoms with Crippen LogP contribution in [0.25, 0.3) is 0 Å². The molecule has 0 N–H and O–H groups in total. The Balaban J connectivity index is 2.32. The third-order valence-electron chi connectivity index (χ3n) is 3.12. The zero-order chi connectivity index (χ0) is 14.5. The molecule has 0 radical (unpaired) electrons. The molecular formula is C18H18ClN. The van der Waals surface area contributed by atoms with Crippen LogP contribution < -0.4 is 0 Å². The molecule has 0 saturated carbocycles. The van der Waals surface area contributed by atoms with Crippen molar-refractivity contribution in [2.45, 2.75) is 26.7 Å². The summed E-state index contributed by atoms with van der Waals surface area (Å²) in [4.78, 5) is 4.42. The molecule has 1 heterocycles. The van der Waals surface area contributed by atoms with Crippen LogP contribution in [-0.2, 0) is 0 Å². The Labute approximate surface area is 126 Å². The van der Waals surface area contributed by atoms with Gasteiger partial charge in [-0.1, -0.05) is 49.6 Å². The lowest BCUT2D eigenvalue weighted by atomic mass is 9.89. The van der Waals surface area contributed by atoms with Crippen LogP contribution in [0.4, 0.5) is 0 Å². The molecule has 20 heavy (non-hydrogen) atoms. The van der Waals surface area contributed by atoms with Crippen molar-refractivity contribution in [1.29, 1.82) is 0 Å². The fourth-order valence-electron chi connectivity index (χ4n) is 2.10. The maximum atomic E-state index is 6.07. The third kappa shape index (κ3) is 3.85. The molecule has 1 unspecified atom stereocenters. The van der Waals surface area contributed by atoms with Crippen molar-refractivity contribution in [3.63, 3.8) is 0 Å². The highest BCUT2D eigenvalue weighted by atomic mass is 35.5. The zero-order valence-electron chi connectivity index (χ0n) is 12.0. The molecule has 2 rings (SSSR count). The Morgan fingerprint density at radius 1 is 1.10 bits per heavy atom. The van der Waals surface area contributed by atoms with Crippen LogP contribution in [0.2, 0.25) is 5.02 Å². The monoisotopic (exact) mass is 283 g/mol. The van der Waals surface area contributed by atoms with Crippen molar-refractivity contribution in [1.82, 2.24) is 4.98 Å². The lowest BCUT2D eigenvalue weighted by molar-refractivity contribution is 0.592. The van der Waals surface area contributed by atoms with Gasteiger partial charge in [0.1, 0.15) is 5.69 Å². The van der Waals surface area contributed by atoms with Crippen molar-refractivity contribution in [2.75, 3.05) is 0 Å². The van der Waals surface area contributed by atoms with Crippen molar-refractivity contribution in [2.24, 2.45) is 5.92 Å². The van der Waals surface area contributed by atoms with Crippen LogP contribution in [0.3, 0.4) is 0 Å². The second kappa shape index (κ2) is 6.59. The summed E-state index contributed by atoms with van der Waals surface area (Å²) in [5.41, 5.74) is 2.96. The number of nitrogens with zero attached hydrogens (tertiary/aromatic N) is 1. The molecule has 1 atom stereocenters. The highest BCUT2D eigenvalue weighted by molar-refractivity contribution is 6.30. The Morgan fingerprint density at radius 2 is 1.85 bits per heavy atom. The first-order valence-corrected chi connectivity index (χ1v) is 7.14. The summed E-state index contributed by atoms with van der Waals surface area (Å²) >= 11 is 6.07. The highest BCUT2D eigenvalue weighted by Crippen LogP contribution is 2.25. The van der Waals surface area contributed by atoms with Crippen molar-refractivity contribution < 1.29 is 0 Å². The van der Waals surface area contributed by atoms with E-state index in [1.165, 1.54) is 0 Å². The Kier molecular flexibility index (Phi) is 4.82. The molecule has 1 aromatic heterocycles. The number of aryl methyl sites for hydroxylation is 1. The van der Waals surface area contributed by atoms with Crippen LogP contribution in [0.15, 0.2) is 42.5 Å². The average Bonchev–Trinajstić information content (AvgIpc) is 2.38. The van der Waals surface area contributed by atoms with E-state index in [0.717, 1.165) is 22.0 Å². The van der Waals surface area contributed by atoms with Gasteiger partial charge in [0.05, 0.1) is 0 Å². The summed E-state index contributed by atoms with van der Waals surface area (Å²) in [6.45, 7) is 6.32. The normalized spacial score (nSPS) is 11.8. The van der Waals surface area contributed by atoms with E-state index in [-0.39, 0.29) is 5.92 Å². The Morgan fingerprint density at radius 3 is 2.50 bits per heavy atom. The van der Waals surface area contributed by atoms with E-state index < -0.39 is 0 Å². The van der Waals surface area contributed by atoms with Crippen molar-refractivity contribution in [3.8, 4) is 11.8 Å². The van der Waals surface area contributed by atoms with E-state index in [1.54, 1.807) is 0 Å². The predicted molar refractivity (Wildman–Crippen MR) is 84.9 cm³/mol. The van der Waals surface area contributed by atoms with Crippen LogP contribution in [0, 0.1) is 24.7 Å². The van der Waals surface area contributed by atoms with Crippen LogP contribution >= 0.6 is 11.6 Å². The Hall–Kier alpha value is -1.78. The van der Waals surface area contributed by atoms with Gasteiger partial charge in [-0.25, -0.2) is 4.98 Å². The van der Waals surface area contributed by atoms with Gasteiger partial charge in [-0.2, -0.15) is 0 Å². The minimum absolute atomic E-state index is 0.163. The van der Waals surface area contributed by atoms with E-state index in [9.17, 15) is 0 Å². The number of rotatable bonds is 2. The summed E-state index contributed by atoms with van der Waals surface area (Å²) in [5, 5.41) is 0.753. The van der Waals surface area contributed by atoms with Crippen molar-refractivity contribution >= 4 is 11.6 Å². The molecule has 0 spiro atoms. The molecule has 0 bridgehead atoms. The second-order valence-electron chi connectivity index (χ2n) is 5.21. The molecule has 0 fully saturated rings. The first kappa shape index (κ1) is 14.6. The number of halogens is 1. The molecule has 0 saturated heterocycles. The summed E-state index contributed by atoms with van der Waals surface area (Å²) in [5.74, 6) is 7.10. The van der Waals surface area contributed by atoms with Gasteiger partial charge >= 0.3 is 0 Å². The number of hydrogen-bond donors (Lipinski definition) is 0. The molecule has 0 aliphatic rings. The van der Waals surface area contributed by atoms with Gasteiger partial charge in [0.15, 0.2) is 0 Å². The number of pyridine rings is 1. The minimum atomic E-state index is 0.163. The lowest BCUT2D eigenvalue weighted by Crippen LogP contribution is -2.04. The van der Waals surface area contributed by atoms with E-state index in [2.05, 4.69) is 36.7 Å². The summed E-state index contributed by atoms with van der Waals surface area (Å²) in [6.07, 6.45) is 0. The summed E-state index contributed by atoms with van der Waals surface area (Å²) in [7, 11) is 0. The van der Waals surface area contributed by atoms with Gasteiger partial charge < -0.3 is 0 Å². The van der Waals surface area contributed by atoms with Gasteiger partial charge in [-0.15, -0.1) is 0 Å². The number of aromatic nitrogens is 1. The zero-order valence-corrected chi connectivity index (χ0v) is 12.8. The molecule has 0 aliphatic carbocycles. The molecule has 1 nitrogen and oxygen atoms in total. The van der Waals surface area contributed by atoms with Gasteiger partial charge in [-0.05, 0) is 48.6 Å². The molecule has 102 valence electrons. The summed E-state index contributed by atoms with van der Waals surface area (Å²) < 4.78 is 0. The van der Waals surface area contributed by atoms with Gasteiger partial charge in [0, 0.05) is 16.6 Å². The lowest BCUT2D eigenvalue weighted by Gasteiger charge is -2.15. The second-order valence-corrected chi connectivity index (χ2v) is 5.65. The number of benzene rings is 1. The topological polar surface area (TPSA) is 12.9 Å². The molecule has 1 aromatic carbocycles. The highest BCUT2D eigenvalue weighted by Gasteiger charge is 2.13. The van der Waals surface area contributed by atoms with Gasteiger partial charge in [-0.3, -0.25) is 0 Å². The first-order valence-electron chi connectivity index (χ1n) is 6.77. The Bertz CT molecular complexity index is 650. The number of hydrogen-bond acceptors (Lipinski definition) is 1. The maximum absolute atomic E-state index is 6.07. The SMILES string of the molecule is Cc1cccc(C#CC(c2cccc(Cl)c2)C(C)C)n1. The molecule has 0 amide bonds. The minimum Gasteiger partial charge on any atom is -0.245 e. The van der Waals surface area contributed by atoms with E-state index >= 15 is 0 Å². The standard InChI is InChI=1S/C18H18ClN/c1-13(2)18(15-7-5-8-16(19)12-15)11-10-17-9-4-6-14(3)20-17/h4-9,12-13,18H,1-3H3. The van der Waals surface area contributed by atoms with Crippen molar-refractivity contribution in [3.05, 3.63) is 64.4 Å². The molecule has 0 aliphatic heterocycles. The van der Waals surface area contributed by atoms with E-state index in [1.807, 2.05) is 43.3 Å². The molecule has 2 heteroatoms. The summed E-state index contributed by atoms with van der Waals surface area (Å²) in [6, 6.07) is 13.8. The average molecular weight is 284 g/mol. The molecular weight excluding hydrogens is 266 g/mol. The predicted octanol–water partition coefficient (Wildman–Crippen LogP) is 4.83. The van der Waals surface area contributed by atoms with Gasteiger partial charge in [0.2, 0.25) is 0 Å². The quantitative estimate of drug-likeness (QED) is 0.719. The smallest absolute Gasteiger partial charge is 0.113 e. The van der Waals surface area contributed by atoms with Crippen LogP contribution in [0.5, 0.6) is 0 Å². The fourth-order valence-corrected chi connectivity index (χ4v) is 2.30. The largest absolute Gasteiger partial charge is 0.245 e. The fraction of sp³-hybridized carbons (Fsp3) is 0.278. The van der Waals surface area contributed by atoms with E-state index in [0.29, 0.717) is 5.92 Å². The first-order chi connectivity index (χ1) is 9.56. The maximum Gasteiger partial charge on any atom is 0.113 e.